The Bertz CT molecular complexity index is 970. The molecule has 0 bridgehead atoms. The molecule has 3 aromatic rings. The molecule has 2 aliphatic heterocycles. The number of para-hydroxylation sites is 3. The van der Waals surface area contributed by atoms with Crippen LogP contribution < -0.4 is 14.4 Å². The van der Waals surface area contributed by atoms with Gasteiger partial charge in [-0.2, -0.15) is 0 Å². The van der Waals surface area contributed by atoms with Crippen molar-refractivity contribution >= 4 is 11.4 Å². The molecule has 4 nitrogen and oxygen atoms in total. The number of ether oxygens (including phenoxy) is 2. The molecular formula is C27H30N2O2. The minimum atomic E-state index is 0.439. The van der Waals surface area contributed by atoms with E-state index >= 15 is 0 Å². The Morgan fingerprint density at radius 3 is 2.55 bits per heavy atom. The Morgan fingerprint density at radius 1 is 0.935 bits per heavy atom. The molecule has 0 radical (unpaired) electrons. The molecule has 1 unspecified atom stereocenters. The zero-order valence-corrected chi connectivity index (χ0v) is 18.2. The first kappa shape index (κ1) is 20.0. The van der Waals surface area contributed by atoms with Crippen molar-refractivity contribution in [3.63, 3.8) is 0 Å². The topological polar surface area (TPSA) is 24.9 Å². The van der Waals surface area contributed by atoms with Gasteiger partial charge in [0.05, 0.1) is 12.8 Å². The molecule has 2 aliphatic rings. The van der Waals surface area contributed by atoms with Crippen LogP contribution >= 0.6 is 0 Å². The number of nitrogens with zero attached hydrogens (tertiary/aromatic N) is 2. The standard InChI is InChI=1S/C27H30N2O2/c1-30-24-14-12-21(13-15-24)16-18-28-17-6-8-23(19-28)29-25-9-3-2-7-22(25)20-31-27-11-5-4-10-26(27)29/h2-5,7,9-15,23H,6,8,16-20H2,1H3. The molecule has 2 heterocycles. The predicted molar refractivity (Wildman–Crippen MR) is 126 cm³/mol. The highest BCUT2D eigenvalue weighted by molar-refractivity contribution is 5.73. The van der Waals surface area contributed by atoms with E-state index in [2.05, 4.69) is 82.6 Å². The van der Waals surface area contributed by atoms with E-state index in [-0.39, 0.29) is 0 Å². The SMILES string of the molecule is COc1ccc(CCN2CCCC(N3c4ccccc4COc4ccccc43)C2)cc1. The van der Waals surface area contributed by atoms with Gasteiger partial charge in [-0.15, -0.1) is 0 Å². The molecule has 1 saturated heterocycles. The second-order valence-corrected chi connectivity index (χ2v) is 8.45. The van der Waals surface area contributed by atoms with E-state index < -0.39 is 0 Å². The van der Waals surface area contributed by atoms with Gasteiger partial charge in [0.15, 0.2) is 0 Å². The Kier molecular flexibility index (Phi) is 5.81. The van der Waals surface area contributed by atoms with Gasteiger partial charge < -0.3 is 19.3 Å². The summed E-state index contributed by atoms with van der Waals surface area (Å²) in [5, 5.41) is 0. The van der Waals surface area contributed by atoms with Crippen LogP contribution in [0.5, 0.6) is 11.5 Å². The van der Waals surface area contributed by atoms with Gasteiger partial charge in [-0.05, 0) is 61.7 Å². The molecule has 0 N–H and O–H groups in total. The molecular weight excluding hydrogens is 384 g/mol. The van der Waals surface area contributed by atoms with Crippen molar-refractivity contribution in [2.24, 2.45) is 0 Å². The average Bonchev–Trinajstić information content (AvgIpc) is 3.00. The van der Waals surface area contributed by atoms with Gasteiger partial charge in [0.1, 0.15) is 18.1 Å². The van der Waals surface area contributed by atoms with Gasteiger partial charge in [0.25, 0.3) is 0 Å². The van der Waals surface area contributed by atoms with Gasteiger partial charge in [-0.1, -0.05) is 42.5 Å². The lowest BCUT2D eigenvalue weighted by Crippen LogP contribution is -2.47. The maximum absolute atomic E-state index is 6.18. The normalized spacial score (nSPS) is 18.5. The molecule has 5 rings (SSSR count). The largest absolute Gasteiger partial charge is 0.497 e. The fraction of sp³-hybridized carbons (Fsp3) is 0.333. The zero-order chi connectivity index (χ0) is 21.0. The first-order valence-electron chi connectivity index (χ1n) is 11.3. The lowest BCUT2D eigenvalue weighted by molar-refractivity contribution is 0.210. The lowest BCUT2D eigenvalue weighted by Gasteiger charge is -2.41. The molecule has 1 fully saturated rings. The van der Waals surface area contributed by atoms with Gasteiger partial charge in [0.2, 0.25) is 0 Å². The first-order valence-corrected chi connectivity index (χ1v) is 11.3. The number of benzene rings is 3. The smallest absolute Gasteiger partial charge is 0.143 e. The van der Waals surface area contributed by atoms with Crippen LogP contribution in [0.25, 0.3) is 0 Å². The van der Waals surface area contributed by atoms with Crippen LogP contribution in [0.1, 0.15) is 24.0 Å². The van der Waals surface area contributed by atoms with Gasteiger partial charge in [0, 0.05) is 30.4 Å². The molecule has 31 heavy (non-hydrogen) atoms. The van der Waals surface area contributed by atoms with Crippen LogP contribution in [0.4, 0.5) is 11.4 Å². The van der Waals surface area contributed by atoms with E-state index in [1.807, 2.05) is 0 Å². The van der Waals surface area contributed by atoms with E-state index in [0.717, 1.165) is 31.0 Å². The molecule has 0 spiro atoms. The van der Waals surface area contributed by atoms with E-state index in [0.29, 0.717) is 12.6 Å². The molecule has 4 heteroatoms. The minimum Gasteiger partial charge on any atom is -0.497 e. The lowest BCUT2D eigenvalue weighted by atomic mass is 10.00. The molecule has 3 aromatic carbocycles. The Labute approximate surface area is 185 Å². The third-order valence-corrected chi connectivity index (χ3v) is 6.48. The van der Waals surface area contributed by atoms with Gasteiger partial charge in [-0.3, -0.25) is 0 Å². The number of hydrogen-bond donors (Lipinski definition) is 0. The maximum atomic E-state index is 6.18. The summed E-state index contributed by atoms with van der Waals surface area (Å²) >= 11 is 0. The van der Waals surface area contributed by atoms with Gasteiger partial charge in [-0.25, -0.2) is 0 Å². The quantitative estimate of drug-likeness (QED) is 0.556. The summed E-state index contributed by atoms with van der Waals surface area (Å²) < 4.78 is 11.5. The Balaban J connectivity index is 1.36. The zero-order valence-electron chi connectivity index (χ0n) is 18.2. The highest BCUT2D eigenvalue weighted by atomic mass is 16.5. The first-order chi connectivity index (χ1) is 15.3. The maximum Gasteiger partial charge on any atom is 0.143 e. The van der Waals surface area contributed by atoms with E-state index in [9.17, 15) is 0 Å². The Hall–Kier alpha value is -2.98. The molecule has 0 aromatic heterocycles. The number of methoxy groups -OCH3 is 1. The van der Waals surface area contributed by atoms with Crippen molar-refractivity contribution in [2.75, 3.05) is 31.6 Å². The molecule has 1 atom stereocenters. The van der Waals surface area contributed by atoms with Crippen molar-refractivity contribution in [3.05, 3.63) is 83.9 Å². The number of likely N-dealkylation sites (tertiary alicyclic amines) is 1. The molecule has 0 amide bonds. The third kappa shape index (κ3) is 4.26. The van der Waals surface area contributed by atoms with Crippen molar-refractivity contribution < 1.29 is 9.47 Å². The summed E-state index contributed by atoms with van der Waals surface area (Å²) in [5.74, 6) is 1.90. The summed E-state index contributed by atoms with van der Waals surface area (Å²) in [7, 11) is 1.72. The van der Waals surface area contributed by atoms with E-state index in [1.54, 1.807) is 7.11 Å². The van der Waals surface area contributed by atoms with Crippen molar-refractivity contribution in [1.82, 2.24) is 4.90 Å². The second-order valence-electron chi connectivity index (χ2n) is 8.45. The summed E-state index contributed by atoms with van der Waals surface area (Å²) in [6.07, 6.45) is 3.48. The molecule has 0 aliphatic carbocycles. The summed E-state index contributed by atoms with van der Waals surface area (Å²) in [4.78, 5) is 5.16. The van der Waals surface area contributed by atoms with Crippen LogP contribution in [0.3, 0.4) is 0 Å². The van der Waals surface area contributed by atoms with E-state index in [4.69, 9.17) is 9.47 Å². The van der Waals surface area contributed by atoms with E-state index in [1.165, 1.54) is 41.9 Å². The number of piperidine rings is 1. The molecule has 0 saturated carbocycles. The van der Waals surface area contributed by atoms with Crippen LogP contribution in [0.15, 0.2) is 72.8 Å². The highest BCUT2D eigenvalue weighted by Crippen LogP contribution is 2.42. The van der Waals surface area contributed by atoms with Gasteiger partial charge >= 0.3 is 0 Å². The number of fused-ring (bicyclic) bond motifs is 2. The number of anilines is 2. The number of hydrogen-bond acceptors (Lipinski definition) is 4. The Morgan fingerprint density at radius 2 is 1.71 bits per heavy atom. The fourth-order valence-corrected chi connectivity index (χ4v) is 4.85. The van der Waals surface area contributed by atoms with Crippen LogP contribution in [-0.4, -0.2) is 37.7 Å². The van der Waals surface area contributed by atoms with Crippen LogP contribution in [0.2, 0.25) is 0 Å². The predicted octanol–water partition coefficient (Wildman–Crippen LogP) is 5.43. The summed E-state index contributed by atoms with van der Waals surface area (Å²) in [6, 6.07) is 26.1. The minimum absolute atomic E-state index is 0.439. The van der Waals surface area contributed by atoms with Crippen LogP contribution in [0, 0.1) is 0 Å². The molecule has 160 valence electrons. The van der Waals surface area contributed by atoms with Crippen molar-refractivity contribution in [2.45, 2.75) is 31.9 Å². The van der Waals surface area contributed by atoms with Crippen LogP contribution in [-0.2, 0) is 13.0 Å². The summed E-state index contributed by atoms with van der Waals surface area (Å²) in [5.41, 5.74) is 5.10. The second kappa shape index (κ2) is 9.03. The summed E-state index contributed by atoms with van der Waals surface area (Å²) in [6.45, 7) is 3.94. The van der Waals surface area contributed by atoms with Crippen molar-refractivity contribution in [3.8, 4) is 11.5 Å². The monoisotopic (exact) mass is 414 g/mol. The third-order valence-electron chi connectivity index (χ3n) is 6.48. The van der Waals surface area contributed by atoms with Crippen molar-refractivity contribution in [1.29, 1.82) is 0 Å². The number of rotatable bonds is 5. The average molecular weight is 415 g/mol. The highest BCUT2D eigenvalue weighted by Gasteiger charge is 2.31. The fourth-order valence-electron chi connectivity index (χ4n) is 4.85.